The largest absolute Gasteiger partial charge is 0.494 e. The predicted molar refractivity (Wildman–Crippen MR) is 71.0 cm³/mol. The highest BCUT2D eigenvalue weighted by Crippen LogP contribution is 2.12. The van der Waals surface area contributed by atoms with E-state index in [0.29, 0.717) is 36.8 Å². The summed E-state index contributed by atoms with van der Waals surface area (Å²) in [5.74, 6) is 1.17. The smallest absolute Gasteiger partial charge is 0.225 e. The van der Waals surface area contributed by atoms with Gasteiger partial charge in [0.2, 0.25) is 5.91 Å². The first-order chi connectivity index (χ1) is 9.63. The number of hydrogen-bond acceptors (Lipinski definition) is 4. The second kappa shape index (κ2) is 6.70. The monoisotopic (exact) mass is 278 g/mol. The van der Waals surface area contributed by atoms with Crippen LogP contribution in [0.25, 0.3) is 0 Å². The Balaban J connectivity index is 1.65. The topological polar surface area (TPSA) is 64.4 Å². The lowest BCUT2D eigenvalue weighted by Crippen LogP contribution is -2.13. The van der Waals surface area contributed by atoms with Crippen molar-refractivity contribution in [1.29, 1.82) is 0 Å². The zero-order chi connectivity index (χ0) is 14.4. The molecule has 2 aromatic rings. The van der Waals surface area contributed by atoms with E-state index < -0.39 is 0 Å². The van der Waals surface area contributed by atoms with Crippen molar-refractivity contribution >= 4 is 11.7 Å². The highest BCUT2D eigenvalue weighted by Gasteiger charge is 2.06. The molecule has 0 aliphatic carbocycles. The van der Waals surface area contributed by atoms with Gasteiger partial charge in [0.25, 0.3) is 0 Å². The number of rotatable bonds is 6. The SMILES string of the molecule is Cc1cc(NC(=O)CCCOc2ccc(F)cc2)no1. The van der Waals surface area contributed by atoms with Crippen molar-refractivity contribution in [2.24, 2.45) is 0 Å². The van der Waals surface area contributed by atoms with Crippen LogP contribution in [0.2, 0.25) is 0 Å². The second-order valence-corrected chi connectivity index (χ2v) is 4.28. The highest BCUT2D eigenvalue weighted by molar-refractivity contribution is 5.89. The van der Waals surface area contributed by atoms with Crippen LogP contribution in [0, 0.1) is 12.7 Å². The zero-order valence-corrected chi connectivity index (χ0v) is 11.1. The van der Waals surface area contributed by atoms with Crippen LogP contribution in [0.1, 0.15) is 18.6 Å². The maximum Gasteiger partial charge on any atom is 0.225 e. The Kier molecular flexibility index (Phi) is 4.70. The normalized spacial score (nSPS) is 10.3. The predicted octanol–water partition coefficient (Wildman–Crippen LogP) is 2.92. The molecule has 0 bridgehead atoms. The van der Waals surface area contributed by atoms with Gasteiger partial charge in [-0.15, -0.1) is 0 Å². The van der Waals surface area contributed by atoms with Gasteiger partial charge in [-0.05, 0) is 37.6 Å². The van der Waals surface area contributed by atoms with Crippen molar-refractivity contribution in [1.82, 2.24) is 5.16 Å². The molecule has 1 N–H and O–H groups in total. The Morgan fingerprint density at radius 2 is 2.15 bits per heavy atom. The Morgan fingerprint density at radius 1 is 1.40 bits per heavy atom. The fourth-order valence-corrected chi connectivity index (χ4v) is 1.58. The number of amides is 1. The summed E-state index contributed by atoms with van der Waals surface area (Å²) in [6.45, 7) is 2.14. The maximum atomic E-state index is 12.7. The minimum absolute atomic E-state index is 0.152. The van der Waals surface area contributed by atoms with Crippen LogP contribution in [0.3, 0.4) is 0 Å². The zero-order valence-electron chi connectivity index (χ0n) is 11.1. The van der Waals surface area contributed by atoms with Gasteiger partial charge in [0.1, 0.15) is 17.3 Å². The third-order valence-electron chi connectivity index (χ3n) is 2.53. The van der Waals surface area contributed by atoms with E-state index in [1.807, 2.05) is 0 Å². The van der Waals surface area contributed by atoms with E-state index in [1.54, 1.807) is 25.1 Å². The van der Waals surface area contributed by atoms with Gasteiger partial charge in [-0.1, -0.05) is 5.16 Å². The molecule has 0 aliphatic heterocycles. The third-order valence-corrected chi connectivity index (χ3v) is 2.53. The van der Waals surface area contributed by atoms with Crippen LogP contribution >= 0.6 is 0 Å². The maximum absolute atomic E-state index is 12.7. The molecule has 0 radical (unpaired) electrons. The molecule has 0 saturated carbocycles. The van der Waals surface area contributed by atoms with Crippen molar-refractivity contribution in [3.63, 3.8) is 0 Å². The van der Waals surface area contributed by atoms with Crippen LogP contribution in [-0.4, -0.2) is 17.7 Å². The Bertz CT molecular complexity index is 566. The number of aryl methyl sites for hydroxylation is 1. The third kappa shape index (κ3) is 4.38. The summed E-state index contributed by atoms with van der Waals surface area (Å²) in [7, 11) is 0. The summed E-state index contributed by atoms with van der Waals surface area (Å²) in [4.78, 5) is 11.6. The number of nitrogens with one attached hydrogen (secondary N) is 1. The average molecular weight is 278 g/mol. The molecule has 5 nitrogen and oxygen atoms in total. The van der Waals surface area contributed by atoms with E-state index in [0.717, 1.165) is 0 Å². The summed E-state index contributed by atoms with van der Waals surface area (Å²) >= 11 is 0. The fourth-order valence-electron chi connectivity index (χ4n) is 1.58. The molecule has 0 saturated heterocycles. The van der Waals surface area contributed by atoms with E-state index in [-0.39, 0.29) is 11.7 Å². The molecule has 0 fully saturated rings. The standard InChI is InChI=1S/C14H15FN2O3/c1-10-9-13(17-20-10)16-14(18)3-2-8-19-12-6-4-11(15)5-7-12/h4-7,9H,2-3,8H2,1H3,(H,16,17,18). The van der Waals surface area contributed by atoms with E-state index in [4.69, 9.17) is 9.26 Å². The molecule has 0 unspecified atom stereocenters. The molecular weight excluding hydrogens is 263 g/mol. The van der Waals surface area contributed by atoms with Crippen molar-refractivity contribution in [3.05, 3.63) is 41.9 Å². The molecular formula is C14H15FN2O3. The summed E-state index contributed by atoms with van der Waals surface area (Å²) in [6.07, 6.45) is 0.868. The van der Waals surface area contributed by atoms with Gasteiger partial charge < -0.3 is 14.6 Å². The van der Waals surface area contributed by atoms with Crippen molar-refractivity contribution < 1.29 is 18.4 Å². The van der Waals surface area contributed by atoms with Crippen molar-refractivity contribution in [3.8, 4) is 5.75 Å². The van der Waals surface area contributed by atoms with Crippen LogP contribution in [0.4, 0.5) is 10.2 Å². The van der Waals surface area contributed by atoms with Crippen LogP contribution in [0.5, 0.6) is 5.75 Å². The average Bonchev–Trinajstić information content (AvgIpc) is 2.82. The molecule has 0 atom stereocenters. The molecule has 0 aliphatic rings. The molecule has 106 valence electrons. The summed E-state index contributed by atoms with van der Waals surface area (Å²) in [6, 6.07) is 7.40. The molecule has 1 aromatic carbocycles. The first-order valence-corrected chi connectivity index (χ1v) is 6.25. The van der Waals surface area contributed by atoms with Gasteiger partial charge in [0.15, 0.2) is 5.82 Å². The number of halogens is 1. The number of aromatic nitrogens is 1. The van der Waals surface area contributed by atoms with E-state index >= 15 is 0 Å². The fraction of sp³-hybridized carbons (Fsp3) is 0.286. The first kappa shape index (κ1) is 14.0. The van der Waals surface area contributed by atoms with E-state index in [2.05, 4.69) is 10.5 Å². The molecule has 2 rings (SSSR count). The lowest BCUT2D eigenvalue weighted by Gasteiger charge is -2.05. The quantitative estimate of drug-likeness (QED) is 0.825. The van der Waals surface area contributed by atoms with Gasteiger partial charge in [0, 0.05) is 12.5 Å². The number of anilines is 1. The van der Waals surface area contributed by atoms with Gasteiger partial charge in [0.05, 0.1) is 6.61 Å². The minimum atomic E-state index is -0.306. The molecule has 1 aromatic heterocycles. The van der Waals surface area contributed by atoms with Crippen molar-refractivity contribution in [2.75, 3.05) is 11.9 Å². The second-order valence-electron chi connectivity index (χ2n) is 4.28. The first-order valence-electron chi connectivity index (χ1n) is 6.25. The number of carbonyl (C=O) groups excluding carboxylic acids is 1. The molecule has 1 heterocycles. The molecule has 20 heavy (non-hydrogen) atoms. The summed E-state index contributed by atoms with van der Waals surface area (Å²) < 4.78 is 22.9. The Hall–Kier alpha value is -2.37. The van der Waals surface area contributed by atoms with E-state index in [9.17, 15) is 9.18 Å². The molecule has 0 spiro atoms. The van der Waals surface area contributed by atoms with Gasteiger partial charge in [-0.2, -0.15) is 0 Å². The molecule has 1 amide bonds. The van der Waals surface area contributed by atoms with Crippen LogP contribution in [0.15, 0.2) is 34.9 Å². The highest BCUT2D eigenvalue weighted by atomic mass is 19.1. The Labute approximate surface area is 115 Å². The van der Waals surface area contributed by atoms with Crippen LogP contribution < -0.4 is 10.1 Å². The van der Waals surface area contributed by atoms with E-state index in [1.165, 1.54) is 12.1 Å². The molecule has 6 heteroatoms. The lowest BCUT2D eigenvalue weighted by atomic mass is 10.3. The lowest BCUT2D eigenvalue weighted by molar-refractivity contribution is -0.116. The Morgan fingerprint density at radius 3 is 2.80 bits per heavy atom. The summed E-state index contributed by atoms with van der Waals surface area (Å²) in [5, 5.41) is 6.29. The summed E-state index contributed by atoms with van der Waals surface area (Å²) in [5.41, 5.74) is 0. The van der Waals surface area contributed by atoms with Crippen LogP contribution in [-0.2, 0) is 4.79 Å². The number of carbonyl (C=O) groups is 1. The number of hydrogen-bond donors (Lipinski definition) is 1. The number of benzene rings is 1. The van der Waals surface area contributed by atoms with Gasteiger partial charge in [-0.25, -0.2) is 4.39 Å². The van der Waals surface area contributed by atoms with Gasteiger partial charge in [-0.3, -0.25) is 4.79 Å². The number of ether oxygens (including phenoxy) is 1. The number of nitrogens with zero attached hydrogens (tertiary/aromatic N) is 1. The van der Waals surface area contributed by atoms with Crippen molar-refractivity contribution in [2.45, 2.75) is 19.8 Å². The van der Waals surface area contributed by atoms with Gasteiger partial charge >= 0.3 is 0 Å². The minimum Gasteiger partial charge on any atom is -0.494 e.